The summed E-state index contributed by atoms with van der Waals surface area (Å²) in [6.45, 7) is 2.09. The van der Waals surface area contributed by atoms with Crippen molar-refractivity contribution in [2.24, 2.45) is 0 Å². The fraction of sp³-hybridized carbons (Fsp3) is 0.208. The number of carbonyl (C=O) groups is 2. The summed E-state index contributed by atoms with van der Waals surface area (Å²) in [5.74, 6) is 1.06. The van der Waals surface area contributed by atoms with Crippen molar-refractivity contribution in [3.63, 3.8) is 0 Å². The van der Waals surface area contributed by atoms with Crippen molar-refractivity contribution in [3.8, 4) is 11.5 Å². The first-order chi connectivity index (χ1) is 15.1. The van der Waals surface area contributed by atoms with Gasteiger partial charge in [0.05, 0.1) is 10.6 Å². The van der Waals surface area contributed by atoms with Gasteiger partial charge < -0.3 is 14.5 Å². The third kappa shape index (κ3) is 5.03. The molecule has 0 atom stereocenters. The molecule has 2 aromatic carbocycles. The van der Waals surface area contributed by atoms with Crippen molar-refractivity contribution < 1.29 is 14.3 Å². The molecule has 1 aliphatic rings. The standard InChI is InChI=1S/C24H22ClN3O3/c25-22-8-2-1-7-21(22)24(30)28-14-4-13-27(15-16-28)23(29)18-5-3-6-20(17-18)31-19-9-11-26-12-10-19/h1-3,5-12,17H,4,13-16H2. The van der Waals surface area contributed by atoms with E-state index in [-0.39, 0.29) is 11.8 Å². The Labute approximate surface area is 186 Å². The van der Waals surface area contributed by atoms with Crippen molar-refractivity contribution in [2.45, 2.75) is 6.42 Å². The van der Waals surface area contributed by atoms with Crippen LogP contribution in [-0.4, -0.2) is 52.8 Å². The van der Waals surface area contributed by atoms with E-state index in [4.69, 9.17) is 16.3 Å². The first-order valence-electron chi connectivity index (χ1n) is 10.1. The van der Waals surface area contributed by atoms with E-state index in [2.05, 4.69) is 4.98 Å². The minimum atomic E-state index is -0.104. The molecule has 0 saturated carbocycles. The Morgan fingerprint density at radius 1 is 0.806 bits per heavy atom. The zero-order valence-corrected chi connectivity index (χ0v) is 17.7. The largest absolute Gasteiger partial charge is 0.457 e. The number of halogens is 1. The Morgan fingerprint density at radius 2 is 1.52 bits per heavy atom. The highest BCUT2D eigenvalue weighted by atomic mass is 35.5. The van der Waals surface area contributed by atoms with E-state index in [9.17, 15) is 9.59 Å². The van der Waals surface area contributed by atoms with Crippen LogP contribution in [-0.2, 0) is 0 Å². The lowest BCUT2D eigenvalue weighted by Crippen LogP contribution is -2.37. The summed E-state index contributed by atoms with van der Waals surface area (Å²) in [5, 5.41) is 0.440. The van der Waals surface area contributed by atoms with Crippen LogP contribution in [0.4, 0.5) is 0 Å². The lowest BCUT2D eigenvalue weighted by atomic mass is 10.2. The van der Waals surface area contributed by atoms with Gasteiger partial charge in [-0.3, -0.25) is 14.6 Å². The zero-order chi connectivity index (χ0) is 21.6. The Hall–Kier alpha value is -3.38. The first kappa shape index (κ1) is 20.9. The lowest BCUT2D eigenvalue weighted by molar-refractivity contribution is 0.0718. The lowest BCUT2D eigenvalue weighted by Gasteiger charge is -2.23. The molecule has 0 aliphatic carbocycles. The van der Waals surface area contributed by atoms with Crippen molar-refractivity contribution in [3.05, 3.63) is 89.2 Å². The monoisotopic (exact) mass is 435 g/mol. The first-order valence-corrected chi connectivity index (χ1v) is 10.5. The number of ether oxygens (including phenoxy) is 1. The fourth-order valence-corrected chi connectivity index (χ4v) is 3.76. The van der Waals surface area contributed by atoms with Crippen LogP contribution in [0.3, 0.4) is 0 Å². The van der Waals surface area contributed by atoms with Crippen LogP contribution in [0.15, 0.2) is 73.1 Å². The van der Waals surface area contributed by atoms with Gasteiger partial charge in [0, 0.05) is 44.1 Å². The fourth-order valence-electron chi connectivity index (χ4n) is 3.55. The molecule has 6 nitrogen and oxygen atoms in total. The minimum absolute atomic E-state index is 0.0766. The Morgan fingerprint density at radius 3 is 2.26 bits per heavy atom. The van der Waals surface area contributed by atoms with Gasteiger partial charge in [-0.05, 0) is 48.9 Å². The number of hydrogen-bond donors (Lipinski definition) is 0. The second kappa shape index (κ2) is 9.62. The molecule has 3 aromatic rings. The molecule has 0 spiro atoms. The van der Waals surface area contributed by atoms with Crippen LogP contribution in [0.2, 0.25) is 5.02 Å². The molecule has 0 N–H and O–H groups in total. The summed E-state index contributed by atoms with van der Waals surface area (Å²) in [5.41, 5.74) is 1.04. The summed E-state index contributed by atoms with van der Waals surface area (Å²) in [6, 6.07) is 17.7. The number of nitrogens with zero attached hydrogens (tertiary/aromatic N) is 3. The van der Waals surface area contributed by atoms with Gasteiger partial charge in [0.2, 0.25) is 0 Å². The summed E-state index contributed by atoms with van der Waals surface area (Å²) >= 11 is 6.18. The van der Waals surface area contributed by atoms with Gasteiger partial charge in [-0.2, -0.15) is 0 Å². The highest BCUT2D eigenvalue weighted by Crippen LogP contribution is 2.23. The third-order valence-corrected chi connectivity index (χ3v) is 5.47. The Balaban J connectivity index is 1.42. The van der Waals surface area contributed by atoms with Gasteiger partial charge in [0.15, 0.2) is 0 Å². The maximum atomic E-state index is 13.1. The number of aromatic nitrogens is 1. The van der Waals surface area contributed by atoms with Crippen molar-refractivity contribution in [1.82, 2.24) is 14.8 Å². The molecule has 0 unspecified atom stereocenters. The van der Waals surface area contributed by atoms with Crippen LogP contribution in [0.5, 0.6) is 11.5 Å². The second-order valence-electron chi connectivity index (χ2n) is 7.23. The summed E-state index contributed by atoms with van der Waals surface area (Å²) in [7, 11) is 0. The topological polar surface area (TPSA) is 62.7 Å². The molecule has 1 aliphatic heterocycles. The average molecular weight is 436 g/mol. The van der Waals surface area contributed by atoms with E-state index >= 15 is 0 Å². The van der Waals surface area contributed by atoms with Gasteiger partial charge in [-0.25, -0.2) is 0 Å². The van der Waals surface area contributed by atoms with Gasteiger partial charge in [0.25, 0.3) is 11.8 Å². The predicted molar refractivity (Wildman–Crippen MR) is 119 cm³/mol. The molecular weight excluding hydrogens is 414 g/mol. The maximum Gasteiger partial charge on any atom is 0.255 e. The molecule has 2 heterocycles. The van der Waals surface area contributed by atoms with Crippen molar-refractivity contribution in [2.75, 3.05) is 26.2 Å². The van der Waals surface area contributed by atoms with E-state index < -0.39 is 0 Å². The van der Waals surface area contributed by atoms with E-state index in [1.165, 1.54) is 0 Å². The SMILES string of the molecule is O=C(c1cccc(Oc2ccncc2)c1)N1CCCN(C(=O)c2ccccc2Cl)CC1. The maximum absolute atomic E-state index is 13.1. The van der Waals surface area contributed by atoms with E-state index in [1.807, 2.05) is 6.07 Å². The van der Waals surface area contributed by atoms with E-state index in [1.54, 1.807) is 76.8 Å². The smallest absolute Gasteiger partial charge is 0.255 e. The molecule has 158 valence electrons. The summed E-state index contributed by atoms with van der Waals surface area (Å²) in [4.78, 5) is 33.5. The molecule has 1 fully saturated rings. The molecule has 4 rings (SSSR count). The molecular formula is C24H22ClN3O3. The van der Waals surface area contributed by atoms with Crippen molar-refractivity contribution >= 4 is 23.4 Å². The van der Waals surface area contributed by atoms with Crippen molar-refractivity contribution in [1.29, 1.82) is 0 Å². The molecule has 0 bridgehead atoms. The van der Waals surface area contributed by atoms with Gasteiger partial charge in [0.1, 0.15) is 11.5 Å². The average Bonchev–Trinajstić information content (AvgIpc) is 3.06. The van der Waals surface area contributed by atoms with Crippen LogP contribution in [0.1, 0.15) is 27.1 Å². The number of carbonyl (C=O) groups excluding carboxylic acids is 2. The third-order valence-electron chi connectivity index (χ3n) is 5.14. The molecule has 31 heavy (non-hydrogen) atoms. The molecule has 0 radical (unpaired) electrons. The van der Waals surface area contributed by atoms with Crippen LogP contribution < -0.4 is 4.74 Å². The van der Waals surface area contributed by atoms with E-state index in [0.717, 1.165) is 0 Å². The Bertz CT molecular complexity index is 1070. The molecule has 1 aromatic heterocycles. The van der Waals surface area contributed by atoms with Crippen LogP contribution in [0.25, 0.3) is 0 Å². The number of amides is 2. The molecule has 1 saturated heterocycles. The number of pyridine rings is 1. The minimum Gasteiger partial charge on any atom is -0.457 e. The number of hydrogen-bond acceptors (Lipinski definition) is 4. The molecule has 7 heteroatoms. The van der Waals surface area contributed by atoms with Gasteiger partial charge in [-0.1, -0.05) is 29.8 Å². The van der Waals surface area contributed by atoms with E-state index in [0.29, 0.717) is 60.2 Å². The highest BCUT2D eigenvalue weighted by Gasteiger charge is 2.24. The zero-order valence-electron chi connectivity index (χ0n) is 16.9. The van der Waals surface area contributed by atoms with Gasteiger partial charge in [-0.15, -0.1) is 0 Å². The Kier molecular flexibility index (Phi) is 6.48. The number of benzene rings is 2. The number of rotatable bonds is 4. The summed E-state index contributed by atoms with van der Waals surface area (Å²) < 4.78 is 5.81. The van der Waals surface area contributed by atoms with Gasteiger partial charge >= 0.3 is 0 Å². The highest BCUT2D eigenvalue weighted by molar-refractivity contribution is 6.33. The quantitative estimate of drug-likeness (QED) is 0.604. The predicted octanol–water partition coefficient (Wildman–Crippen LogP) is 4.52. The normalized spacial score (nSPS) is 14.1. The summed E-state index contributed by atoms with van der Waals surface area (Å²) in [6.07, 6.45) is 4.00. The second-order valence-corrected chi connectivity index (χ2v) is 7.64. The molecule has 2 amide bonds. The van der Waals surface area contributed by atoms with Crippen LogP contribution in [0, 0.1) is 0 Å². The van der Waals surface area contributed by atoms with Crippen LogP contribution >= 0.6 is 11.6 Å².